The molecule has 0 bridgehead atoms. The van der Waals surface area contributed by atoms with E-state index in [1.54, 1.807) is 0 Å². The Morgan fingerprint density at radius 1 is 0.178 bits per heavy atom. The number of hydrogen-bond acceptors (Lipinski definition) is 7. The molecule has 0 rings (SSSR count). The van der Waals surface area contributed by atoms with Crippen molar-refractivity contribution < 1.29 is 31.5 Å². The molecule has 0 aromatic rings. The Labute approximate surface area is 458 Å². The molecule has 0 aromatic heterocycles. The summed E-state index contributed by atoms with van der Waals surface area (Å²) in [6.07, 6.45) is 70.7. The standard InChI is InChI=1S/C64H132O7P2/c1-5-9-13-17-21-25-29-33-37-41-45-49-53-57-61-67-72(65,68-62-58-54-50-46-42-38-34-30-26-22-18-14-10-6-2)71-73(66,69-63-59-55-51-47-43-39-35-31-27-23-19-15-11-7-3)70-64-60-56-52-48-44-40-36-32-28-24-20-16-12-8-4/h5-64H2,1-4H3. The van der Waals surface area contributed by atoms with Crippen LogP contribution in [0, 0.1) is 0 Å². The highest BCUT2D eigenvalue weighted by Crippen LogP contribution is 2.66. The van der Waals surface area contributed by atoms with E-state index in [0.717, 1.165) is 77.0 Å². The summed E-state index contributed by atoms with van der Waals surface area (Å²) in [5, 5.41) is 0. The van der Waals surface area contributed by atoms with Crippen LogP contribution in [0.2, 0.25) is 0 Å². The van der Waals surface area contributed by atoms with Crippen LogP contribution in [0.15, 0.2) is 0 Å². The monoisotopic (exact) mass is 1070 g/mol. The fourth-order valence-electron chi connectivity index (χ4n) is 10.2. The third-order valence-electron chi connectivity index (χ3n) is 15.2. The molecule has 0 saturated heterocycles. The predicted molar refractivity (Wildman–Crippen MR) is 321 cm³/mol. The van der Waals surface area contributed by atoms with Crippen molar-refractivity contribution >= 4 is 15.6 Å². The zero-order valence-corrected chi connectivity index (χ0v) is 52.0. The molecule has 0 amide bonds. The summed E-state index contributed by atoms with van der Waals surface area (Å²) in [5.41, 5.74) is 0. The van der Waals surface area contributed by atoms with Gasteiger partial charge in [0.15, 0.2) is 0 Å². The van der Waals surface area contributed by atoms with Gasteiger partial charge in [-0.2, -0.15) is 4.31 Å². The summed E-state index contributed by atoms with van der Waals surface area (Å²) in [4.78, 5) is 0. The van der Waals surface area contributed by atoms with Gasteiger partial charge in [0, 0.05) is 0 Å². The van der Waals surface area contributed by atoms with Crippen molar-refractivity contribution in [3.63, 3.8) is 0 Å². The maximum atomic E-state index is 14.4. The Kier molecular flexibility index (Phi) is 61.7. The lowest BCUT2D eigenvalue weighted by molar-refractivity contribution is 0.105. The third-order valence-corrected chi connectivity index (χ3v) is 18.8. The third kappa shape index (κ3) is 58.2. The highest BCUT2D eigenvalue weighted by Gasteiger charge is 2.40. The maximum absolute atomic E-state index is 14.4. The molecule has 0 spiro atoms. The lowest BCUT2D eigenvalue weighted by Crippen LogP contribution is -2.07. The maximum Gasteiger partial charge on any atom is 0.483 e. The second-order valence-corrected chi connectivity index (χ2v) is 26.2. The molecule has 0 heterocycles. The van der Waals surface area contributed by atoms with E-state index in [0.29, 0.717) is 0 Å². The topological polar surface area (TPSA) is 80.3 Å². The van der Waals surface area contributed by atoms with E-state index >= 15 is 0 Å². The van der Waals surface area contributed by atoms with Crippen LogP contribution in [-0.2, 0) is 31.5 Å². The Morgan fingerprint density at radius 3 is 0.411 bits per heavy atom. The van der Waals surface area contributed by atoms with Crippen molar-refractivity contribution in [2.75, 3.05) is 26.4 Å². The summed E-state index contributed by atoms with van der Waals surface area (Å²) >= 11 is 0. The first-order valence-corrected chi connectivity index (χ1v) is 36.4. The van der Waals surface area contributed by atoms with Crippen LogP contribution in [-0.4, -0.2) is 26.4 Å². The Hall–Kier alpha value is 0.260. The summed E-state index contributed by atoms with van der Waals surface area (Å²) in [6, 6.07) is 0. The molecule has 0 atom stereocenters. The predicted octanol–water partition coefficient (Wildman–Crippen LogP) is 25.2. The fourth-order valence-corrected chi connectivity index (χ4v) is 13.5. The Morgan fingerprint density at radius 2 is 0.288 bits per heavy atom. The normalized spacial score (nSPS) is 12.2. The van der Waals surface area contributed by atoms with Gasteiger partial charge in [-0.05, 0) is 25.7 Å². The Balaban J connectivity index is 5.13. The van der Waals surface area contributed by atoms with Crippen LogP contribution >= 0.6 is 15.6 Å². The van der Waals surface area contributed by atoms with Crippen molar-refractivity contribution in [3.8, 4) is 0 Å². The second kappa shape index (κ2) is 61.5. The summed E-state index contributed by atoms with van der Waals surface area (Å²) in [6.45, 7) is 10.1. The van der Waals surface area contributed by atoms with E-state index in [4.69, 9.17) is 22.4 Å². The number of rotatable bonds is 66. The lowest BCUT2D eigenvalue weighted by Gasteiger charge is -2.23. The first-order chi connectivity index (χ1) is 35.9. The van der Waals surface area contributed by atoms with Crippen LogP contribution < -0.4 is 0 Å². The molecule has 0 fully saturated rings. The molecule has 9 heteroatoms. The van der Waals surface area contributed by atoms with Gasteiger partial charge in [0.2, 0.25) is 0 Å². The molecular formula is C64H132O7P2. The first kappa shape index (κ1) is 73.3. The average molecular weight is 1080 g/mol. The molecule has 0 N–H and O–H groups in total. The molecule has 0 saturated carbocycles. The van der Waals surface area contributed by atoms with Crippen LogP contribution in [0.3, 0.4) is 0 Å². The zero-order chi connectivity index (χ0) is 53.0. The average Bonchev–Trinajstić information content (AvgIpc) is 3.38. The molecule has 0 radical (unpaired) electrons. The minimum Gasteiger partial charge on any atom is -0.287 e. The number of unbranched alkanes of at least 4 members (excludes halogenated alkanes) is 52. The van der Waals surface area contributed by atoms with E-state index in [9.17, 15) is 9.13 Å². The van der Waals surface area contributed by atoms with Gasteiger partial charge in [-0.25, -0.2) is 9.13 Å². The van der Waals surface area contributed by atoms with Crippen molar-refractivity contribution in [2.24, 2.45) is 0 Å². The molecule has 0 aromatic carbocycles. The summed E-state index contributed by atoms with van der Waals surface area (Å²) in [5.74, 6) is 0. The van der Waals surface area contributed by atoms with Crippen LogP contribution in [0.4, 0.5) is 0 Å². The molecule has 0 aliphatic carbocycles. The number of phosphoric ester groups is 2. The molecule has 440 valence electrons. The van der Waals surface area contributed by atoms with Crippen molar-refractivity contribution in [3.05, 3.63) is 0 Å². The van der Waals surface area contributed by atoms with Crippen LogP contribution in [0.25, 0.3) is 0 Å². The zero-order valence-electron chi connectivity index (χ0n) is 50.2. The van der Waals surface area contributed by atoms with Gasteiger partial charge in [-0.1, -0.05) is 362 Å². The van der Waals surface area contributed by atoms with E-state index in [1.165, 1.54) is 283 Å². The lowest BCUT2D eigenvalue weighted by atomic mass is 10.0. The minimum atomic E-state index is -4.21. The van der Waals surface area contributed by atoms with E-state index in [2.05, 4.69) is 27.7 Å². The smallest absolute Gasteiger partial charge is 0.287 e. The summed E-state index contributed by atoms with van der Waals surface area (Å²) < 4.78 is 58.7. The fraction of sp³-hybridized carbons (Fsp3) is 1.00. The van der Waals surface area contributed by atoms with Gasteiger partial charge < -0.3 is 0 Å². The molecule has 0 aliphatic rings. The van der Waals surface area contributed by atoms with Gasteiger partial charge in [-0.3, -0.25) is 18.1 Å². The number of hydrogen-bond donors (Lipinski definition) is 0. The van der Waals surface area contributed by atoms with Crippen molar-refractivity contribution in [1.82, 2.24) is 0 Å². The quantitative estimate of drug-likeness (QED) is 0.0443. The molecular weight excluding hydrogens is 943 g/mol. The summed E-state index contributed by atoms with van der Waals surface area (Å²) in [7, 11) is -8.41. The van der Waals surface area contributed by atoms with Crippen LogP contribution in [0.5, 0.6) is 0 Å². The highest BCUT2D eigenvalue weighted by molar-refractivity contribution is 7.62. The second-order valence-electron chi connectivity index (χ2n) is 22.7. The number of phosphoric acid groups is 2. The minimum absolute atomic E-state index is 0.242. The molecule has 73 heavy (non-hydrogen) atoms. The largest absolute Gasteiger partial charge is 0.483 e. The molecule has 0 unspecified atom stereocenters. The van der Waals surface area contributed by atoms with E-state index in [1.807, 2.05) is 0 Å². The first-order valence-electron chi connectivity index (χ1n) is 33.4. The Bertz CT molecular complexity index is 964. The molecule has 7 nitrogen and oxygen atoms in total. The van der Waals surface area contributed by atoms with Gasteiger partial charge >= 0.3 is 15.6 Å². The van der Waals surface area contributed by atoms with E-state index < -0.39 is 15.6 Å². The van der Waals surface area contributed by atoms with Crippen molar-refractivity contribution in [2.45, 2.75) is 387 Å². The van der Waals surface area contributed by atoms with Crippen LogP contribution in [0.1, 0.15) is 387 Å². The van der Waals surface area contributed by atoms with Crippen molar-refractivity contribution in [1.29, 1.82) is 0 Å². The van der Waals surface area contributed by atoms with Gasteiger partial charge in [0.25, 0.3) is 0 Å². The van der Waals surface area contributed by atoms with Gasteiger partial charge in [-0.15, -0.1) is 0 Å². The van der Waals surface area contributed by atoms with Gasteiger partial charge in [0.1, 0.15) is 0 Å². The molecule has 0 aliphatic heterocycles. The van der Waals surface area contributed by atoms with E-state index in [-0.39, 0.29) is 26.4 Å². The van der Waals surface area contributed by atoms with Gasteiger partial charge in [0.05, 0.1) is 26.4 Å². The SMILES string of the molecule is CCCCCCCCCCCCCCCCOP(=O)(OCCCCCCCCCCCCCCCC)OP(=O)(OCCCCCCCCCCCCCCCC)OCCCCCCCCCCCCCCCC. The highest BCUT2D eigenvalue weighted by atomic mass is 31.3.